The summed E-state index contributed by atoms with van der Waals surface area (Å²) >= 11 is 0. The van der Waals surface area contributed by atoms with E-state index in [1.54, 1.807) is 12.1 Å². The molecular weight excluding hydrogens is 316 g/mol. The van der Waals surface area contributed by atoms with Gasteiger partial charge in [-0.15, -0.1) is 0 Å². The molecule has 0 saturated carbocycles. The molecule has 0 unspecified atom stereocenters. The van der Waals surface area contributed by atoms with E-state index >= 15 is 0 Å². The second-order valence-electron chi connectivity index (χ2n) is 2.64. The molecule has 18 heavy (non-hydrogen) atoms. The van der Waals surface area contributed by atoms with Gasteiger partial charge in [0.15, 0.2) is 0 Å². The van der Waals surface area contributed by atoms with Crippen molar-refractivity contribution in [3.05, 3.63) is 24.3 Å². The number of phenolic OH excluding ortho intramolecular Hbond substituents is 1. The van der Waals surface area contributed by atoms with E-state index in [0.717, 1.165) is 0 Å². The van der Waals surface area contributed by atoms with Gasteiger partial charge in [0, 0.05) is 23.0 Å². The van der Waals surface area contributed by atoms with Crippen LogP contribution < -0.4 is 108 Å². The van der Waals surface area contributed by atoms with Gasteiger partial charge in [-0.3, -0.25) is 13.2 Å². The Morgan fingerprint density at radius 1 is 1.17 bits per heavy atom. The Hall–Kier alpha value is 1.63. The van der Waals surface area contributed by atoms with Gasteiger partial charge >= 0.3 is 103 Å². The number of rotatable bonds is 1. The average Bonchev–Trinajstić information content (AvgIpc) is 2.05. The summed E-state index contributed by atoms with van der Waals surface area (Å²) in [5, 5.41) is 11.5. The topological polar surface area (TPSA) is 130 Å². The first kappa shape index (κ1) is 24.6. The van der Waals surface area contributed by atoms with E-state index in [-0.39, 0.29) is 114 Å². The van der Waals surface area contributed by atoms with Crippen molar-refractivity contribution in [3.63, 3.8) is 0 Å². The van der Waals surface area contributed by atoms with Gasteiger partial charge in [-0.2, -0.15) is 0 Å². The summed E-state index contributed by atoms with van der Waals surface area (Å²) < 4.78 is 34.1. The minimum Gasteiger partial charge on any atom is -0.759 e. The molecule has 0 saturated heterocycles. The van der Waals surface area contributed by atoms with Crippen LogP contribution in [-0.2, 0) is 15.2 Å². The molecule has 10 heteroatoms. The van der Waals surface area contributed by atoms with E-state index in [1.165, 1.54) is 19.1 Å². The third kappa shape index (κ3) is 20.0. The molecule has 1 rings (SSSR count). The number of hydrogen-bond acceptors (Lipinski definition) is 6. The molecule has 1 amide bonds. The van der Waals surface area contributed by atoms with Crippen LogP contribution >= 0.6 is 0 Å². The van der Waals surface area contributed by atoms with Gasteiger partial charge in [0.2, 0.25) is 5.91 Å². The third-order valence-corrected chi connectivity index (χ3v) is 1.19. The number of anilines is 1. The molecule has 0 spiro atoms. The first-order valence-corrected chi connectivity index (χ1v) is 5.25. The molecule has 90 valence electrons. The number of benzene rings is 1. The SMILES string of the molecule is CC(=O)Nc1ccc(O)cc1.O=S(=O)([O-])[O-].[K+].[K+]. The van der Waals surface area contributed by atoms with Crippen LogP contribution in [0.2, 0.25) is 0 Å². The smallest absolute Gasteiger partial charge is 0.759 e. The second-order valence-corrected chi connectivity index (χ2v) is 3.45. The number of nitrogens with one attached hydrogen (secondary N) is 1. The van der Waals surface area contributed by atoms with E-state index in [4.69, 9.17) is 22.6 Å². The zero-order chi connectivity index (χ0) is 12.8. The van der Waals surface area contributed by atoms with Crippen LogP contribution in [0.25, 0.3) is 0 Å². The first-order chi connectivity index (χ1) is 7.18. The predicted molar refractivity (Wildman–Crippen MR) is 52.9 cm³/mol. The van der Waals surface area contributed by atoms with Crippen molar-refractivity contribution < 1.29 is 130 Å². The summed E-state index contributed by atoms with van der Waals surface area (Å²) in [6, 6.07) is 6.31. The van der Waals surface area contributed by atoms with Crippen molar-refractivity contribution in [2.45, 2.75) is 6.92 Å². The molecule has 0 aliphatic rings. The van der Waals surface area contributed by atoms with Gasteiger partial charge in [-0.25, -0.2) is 0 Å². The van der Waals surface area contributed by atoms with Gasteiger partial charge in [0.1, 0.15) is 5.75 Å². The van der Waals surface area contributed by atoms with E-state index < -0.39 is 10.4 Å². The van der Waals surface area contributed by atoms with Crippen molar-refractivity contribution in [1.29, 1.82) is 0 Å². The number of amides is 1. The maximum absolute atomic E-state index is 10.5. The minimum absolute atomic E-state index is 0. The van der Waals surface area contributed by atoms with Gasteiger partial charge in [0.05, 0.1) is 0 Å². The Morgan fingerprint density at radius 3 is 1.78 bits per heavy atom. The van der Waals surface area contributed by atoms with Crippen LogP contribution in [0.3, 0.4) is 0 Å². The zero-order valence-electron chi connectivity index (χ0n) is 10.2. The molecule has 1 aromatic carbocycles. The fourth-order valence-corrected chi connectivity index (χ4v) is 0.748. The molecule has 0 radical (unpaired) electrons. The minimum atomic E-state index is -5.17. The van der Waals surface area contributed by atoms with Crippen molar-refractivity contribution in [3.8, 4) is 5.75 Å². The monoisotopic (exact) mass is 325 g/mol. The second kappa shape index (κ2) is 12.4. The number of phenols is 1. The quantitative estimate of drug-likeness (QED) is 0.229. The van der Waals surface area contributed by atoms with Crippen molar-refractivity contribution in [1.82, 2.24) is 0 Å². The van der Waals surface area contributed by atoms with Crippen LogP contribution in [0.4, 0.5) is 5.69 Å². The summed E-state index contributed by atoms with van der Waals surface area (Å²) in [7, 11) is -5.17. The summed E-state index contributed by atoms with van der Waals surface area (Å²) in [6.45, 7) is 1.44. The predicted octanol–water partition coefficient (Wildman–Crippen LogP) is -5.98. The van der Waals surface area contributed by atoms with E-state index in [1.807, 2.05) is 0 Å². The van der Waals surface area contributed by atoms with E-state index in [0.29, 0.717) is 5.69 Å². The molecule has 0 aromatic heterocycles. The van der Waals surface area contributed by atoms with Crippen molar-refractivity contribution in [2.75, 3.05) is 5.32 Å². The fourth-order valence-electron chi connectivity index (χ4n) is 0.748. The Kier molecular flexibility index (Phi) is 16.9. The van der Waals surface area contributed by atoms with E-state index in [9.17, 15) is 4.79 Å². The van der Waals surface area contributed by atoms with Gasteiger partial charge < -0.3 is 19.5 Å². The molecule has 1 aromatic rings. The molecular formula is C8H9K2NO6S. The average molecular weight is 325 g/mol. The third-order valence-electron chi connectivity index (χ3n) is 1.19. The molecule has 2 N–H and O–H groups in total. The largest absolute Gasteiger partial charge is 1.00 e. The number of aromatic hydroxyl groups is 1. The molecule has 0 aliphatic carbocycles. The molecule has 0 fully saturated rings. The molecule has 0 bridgehead atoms. The van der Waals surface area contributed by atoms with Gasteiger partial charge in [0.25, 0.3) is 0 Å². The normalized spacial score (nSPS) is 8.83. The zero-order valence-corrected chi connectivity index (χ0v) is 17.3. The molecule has 0 atom stereocenters. The number of hydrogen-bond donors (Lipinski definition) is 2. The van der Waals surface area contributed by atoms with Crippen LogP contribution in [0.5, 0.6) is 5.75 Å². The standard InChI is InChI=1S/C8H9NO2.2K.H2O4S/c1-6(10)9-7-2-4-8(11)5-3-7;;;1-5(2,3)4/h2-5,11H,1H3,(H,9,10);;;(H2,1,2,3,4)/q;2*+1;/p-2. The van der Waals surface area contributed by atoms with Crippen LogP contribution in [0, 0.1) is 0 Å². The Bertz CT molecular complexity index is 439. The Morgan fingerprint density at radius 2 is 1.50 bits per heavy atom. The number of carbonyl (C=O) groups is 1. The first-order valence-electron chi connectivity index (χ1n) is 3.92. The van der Waals surface area contributed by atoms with Gasteiger partial charge in [-0.1, -0.05) is 0 Å². The summed E-state index contributed by atoms with van der Waals surface area (Å²) in [4.78, 5) is 10.5. The number of carbonyl (C=O) groups excluding carboxylic acids is 1. The Labute approximate surface area is 190 Å². The van der Waals surface area contributed by atoms with Crippen molar-refractivity contribution in [2.24, 2.45) is 0 Å². The van der Waals surface area contributed by atoms with Gasteiger partial charge in [-0.05, 0) is 24.3 Å². The van der Waals surface area contributed by atoms with Crippen LogP contribution in [0.1, 0.15) is 6.92 Å². The van der Waals surface area contributed by atoms with E-state index in [2.05, 4.69) is 5.32 Å². The van der Waals surface area contributed by atoms with Crippen LogP contribution in [0.15, 0.2) is 24.3 Å². The summed E-state index contributed by atoms with van der Waals surface area (Å²) in [6.07, 6.45) is 0. The fraction of sp³-hybridized carbons (Fsp3) is 0.125. The summed E-state index contributed by atoms with van der Waals surface area (Å²) in [5.41, 5.74) is 0.690. The maximum atomic E-state index is 10.5. The van der Waals surface area contributed by atoms with Crippen molar-refractivity contribution >= 4 is 22.0 Å². The molecule has 0 heterocycles. The molecule has 7 nitrogen and oxygen atoms in total. The molecule has 0 aliphatic heterocycles. The summed E-state index contributed by atoms with van der Waals surface area (Å²) in [5.74, 6) is 0.0785. The Balaban J connectivity index is -0.000000282. The van der Waals surface area contributed by atoms with Crippen LogP contribution in [-0.4, -0.2) is 28.5 Å². The maximum Gasteiger partial charge on any atom is 1.00 e.